The summed E-state index contributed by atoms with van der Waals surface area (Å²) in [6.07, 6.45) is 1.55. The van der Waals surface area contributed by atoms with Gasteiger partial charge in [-0.3, -0.25) is 9.59 Å². The zero-order valence-corrected chi connectivity index (χ0v) is 18.0. The minimum atomic E-state index is -1.13. The second kappa shape index (κ2) is 8.89. The van der Waals surface area contributed by atoms with Gasteiger partial charge in [0.15, 0.2) is 18.1 Å². The summed E-state index contributed by atoms with van der Waals surface area (Å²) in [6, 6.07) is 9.68. The fourth-order valence-corrected chi connectivity index (χ4v) is 4.15. The number of anilines is 1. The van der Waals surface area contributed by atoms with E-state index >= 15 is 0 Å². The Labute approximate surface area is 183 Å². The van der Waals surface area contributed by atoms with Gasteiger partial charge in [-0.25, -0.2) is 9.69 Å². The van der Waals surface area contributed by atoms with Crippen LogP contribution < -0.4 is 14.4 Å². The van der Waals surface area contributed by atoms with E-state index in [1.54, 1.807) is 36.4 Å². The lowest BCUT2D eigenvalue weighted by atomic mass is 10.1. The van der Waals surface area contributed by atoms with Gasteiger partial charge in [0.1, 0.15) is 0 Å². The molecule has 1 heterocycles. The summed E-state index contributed by atoms with van der Waals surface area (Å²) >= 11 is 10.1. The summed E-state index contributed by atoms with van der Waals surface area (Å²) in [5.41, 5.74) is 0.951. The standard InChI is InChI=1S/C19H13BrClNO6S/c1-27-14-6-10(5-13(20)17(14)28-9-16(23)24)7-15-18(25)22(19(26)29-15)12-4-2-3-11(21)8-12/h2-8H,9H2,1H3,(H,23,24)/b15-7+. The first kappa shape index (κ1) is 21.2. The van der Waals surface area contributed by atoms with Crippen molar-refractivity contribution in [1.82, 2.24) is 0 Å². The maximum atomic E-state index is 12.8. The number of thioether (sulfide) groups is 1. The first-order chi connectivity index (χ1) is 13.8. The first-order valence-corrected chi connectivity index (χ1v) is 10.0. The number of nitrogens with zero attached hydrogens (tertiary/aromatic N) is 1. The average Bonchev–Trinajstić information content (AvgIpc) is 2.93. The molecular formula is C19H13BrClNO6S. The van der Waals surface area contributed by atoms with Crippen molar-refractivity contribution >= 4 is 68.2 Å². The fourth-order valence-electron chi connectivity index (χ4n) is 2.55. The van der Waals surface area contributed by atoms with Gasteiger partial charge >= 0.3 is 5.97 Å². The Morgan fingerprint density at radius 1 is 1.31 bits per heavy atom. The van der Waals surface area contributed by atoms with Gasteiger partial charge in [0.25, 0.3) is 11.1 Å². The number of benzene rings is 2. The molecule has 1 fully saturated rings. The summed E-state index contributed by atoms with van der Waals surface area (Å²) < 4.78 is 10.9. The van der Waals surface area contributed by atoms with Crippen LogP contribution in [0.3, 0.4) is 0 Å². The summed E-state index contributed by atoms with van der Waals surface area (Å²) in [5.74, 6) is -1.10. The highest BCUT2D eigenvalue weighted by Gasteiger charge is 2.36. The van der Waals surface area contributed by atoms with Crippen LogP contribution in [-0.4, -0.2) is 35.9 Å². The number of carboxylic acid groups (broad SMARTS) is 1. The van der Waals surface area contributed by atoms with E-state index in [2.05, 4.69) is 15.9 Å². The third-order valence-electron chi connectivity index (χ3n) is 3.75. The quantitative estimate of drug-likeness (QED) is 0.571. The molecule has 10 heteroatoms. The molecule has 0 unspecified atom stereocenters. The molecule has 1 saturated heterocycles. The Hall–Kier alpha value is -2.49. The monoisotopic (exact) mass is 497 g/mol. The largest absolute Gasteiger partial charge is 0.493 e. The van der Waals surface area contributed by atoms with Crippen molar-refractivity contribution in [3.8, 4) is 11.5 Å². The predicted octanol–water partition coefficient (Wildman–Crippen LogP) is 4.82. The number of ether oxygens (including phenoxy) is 2. The van der Waals surface area contributed by atoms with Gasteiger partial charge in [-0.1, -0.05) is 17.7 Å². The number of amides is 2. The molecule has 0 aromatic heterocycles. The average molecular weight is 499 g/mol. The molecule has 0 radical (unpaired) electrons. The molecule has 0 saturated carbocycles. The van der Waals surface area contributed by atoms with E-state index in [1.807, 2.05) is 0 Å². The lowest BCUT2D eigenvalue weighted by Gasteiger charge is -2.13. The zero-order valence-electron chi connectivity index (χ0n) is 14.8. The molecule has 0 atom stereocenters. The molecule has 0 bridgehead atoms. The molecule has 29 heavy (non-hydrogen) atoms. The molecule has 7 nitrogen and oxygen atoms in total. The van der Waals surface area contributed by atoms with Crippen LogP contribution in [0.2, 0.25) is 5.02 Å². The van der Waals surface area contributed by atoms with Crippen LogP contribution >= 0.6 is 39.3 Å². The lowest BCUT2D eigenvalue weighted by Crippen LogP contribution is -2.27. The number of halogens is 2. The van der Waals surface area contributed by atoms with E-state index in [-0.39, 0.29) is 16.4 Å². The molecule has 1 N–H and O–H groups in total. The van der Waals surface area contributed by atoms with Gasteiger partial charge in [-0.05, 0) is 69.7 Å². The third-order valence-corrected chi connectivity index (χ3v) is 5.44. The van der Waals surface area contributed by atoms with E-state index in [0.717, 1.165) is 16.7 Å². The summed E-state index contributed by atoms with van der Waals surface area (Å²) in [5, 5.41) is 8.77. The molecule has 0 aliphatic carbocycles. The van der Waals surface area contributed by atoms with Crippen LogP contribution in [0.15, 0.2) is 45.8 Å². The van der Waals surface area contributed by atoms with Gasteiger partial charge < -0.3 is 14.6 Å². The Morgan fingerprint density at radius 3 is 2.72 bits per heavy atom. The Morgan fingerprint density at radius 2 is 2.07 bits per heavy atom. The van der Waals surface area contributed by atoms with Crippen LogP contribution in [0.25, 0.3) is 6.08 Å². The van der Waals surface area contributed by atoms with E-state index in [9.17, 15) is 14.4 Å². The zero-order chi connectivity index (χ0) is 21.1. The van der Waals surface area contributed by atoms with Crippen LogP contribution in [0.5, 0.6) is 11.5 Å². The van der Waals surface area contributed by atoms with Crippen molar-refractivity contribution in [2.75, 3.05) is 18.6 Å². The van der Waals surface area contributed by atoms with Crippen molar-refractivity contribution < 1.29 is 29.0 Å². The highest BCUT2D eigenvalue weighted by molar-refractivity contribution is 9.10. The minimum Gasteiger partial charge on any atom is -0.493 e. The Balaban J connectivity index is 1.92. The normalized spacial score (nSPS) is 15.1. The summed E-state index contributed by atoms with van der Waals surface area (Å²) in [7, 11) is 1.41. The fraction of sp³-hybridized carbons (Fsp3) is 0.105. The number of aliphatic carboxylic acids is 1. The second-order valence-corrected chi connectivity index (χ2v) is 8.00. The van der Waals surface area contributed by atoms with Crippen molar-refractivity contribution in [3.05, 3.63) is 56.4 Å². The van der Waals surface area contributed by atoms with Gasteiger partial charge in [0, 0.05) is 5.02 Å². The number of methoxy groups -OCH3 is 1. The number of carbonyl (C=O) groups excluding carboxylic acids is 2. The number of carboxylic acids is 1. The topological polar surface area (TPSA) is 93.1 Å². The van der Waals surface area contributed by atoms with E-state index in [0.29, 0.717) is 20.7 Å². The van der Waals surface area contributed by atoms with Crippen LogP contribution in [0, 0.1) is 0 Å². The smallest absolute Gasteiger partial charge is 0.341 e. The van der Waals surface area contributed by atoms with E-state index in [1.165, 1.54) is 13.2 Å². The molecule has 1 aliphatic heterocycles. The number of imide groups is 1. The molecule has 0 spiro atoms. The van der Waals surface area contributed by atoms with E-state index in [4.69, 9.17) is 26.2 Å². The highest BCUT2D eigenvalue weighted by Crippen LogP contribution is 2.40. The first-order valence-electron chi connectivity index (χ1n) is 8.06. The molecule has 2 aromatic rings. The number of hydrogen-bond donors (Lipinski definition) is 1. The number of carbonyl (C=O) groups is 3. The lowest BCUT2D eigenvalue weighted by molar-refractivity contribution is -0.139. The van der Waals surface area contributed by atoms with Crippen molar-refractivity contribution in [1.29, 1.82) is 0 Å². The maximum Gasteiger partial charge on any atom is 0.341 e. The van der Waals surface area contributed by atoms with Gasteiger partial charge in [-0.2, -0.15) is 0 Å². The SMILES string of the molecule is COc1cc(/C=C2/SC(=O)N(c3cccc(Cl)c3)C2=O)cc(Br)c1OCC(=O)O. The van der Waals surface area contributed by atoms with Crippen LogP contribution in [-0.2, 0) is 9.59 Å². The molecule has 1 aliphatic rings. The molecular weight excluding hydrogens is 486 g/mol. The minimum absolute atomic E-state index is 0.221. The molecule has 2 aromatic carbocycles. The molecule has 3 rings (SSSR count). The van der Waals surface area contributed by atoms with E-state index < -0.39 is 23.7 Å². The molecule has 2 amide bonds. The van der Waals surface area contributed by atoms with Crippen molar-refractivity contribution in [2.45, 2.75) is 0 Å². The second-order valence-electron chi connectivity index (χ2n) is 5.71. The third kappa shape index (κ3) is 4.75. The maximum absolute atomic E-state index is 12.8. The number of rotatable bonds is 6. The van der Waals surface area contributed by atoms with Gasteiger partial charge in [-0.15, -0.1) is 0 Å². The Bertz CT molecular complexity index is 1040. The Kier molecular flexibility index (Phi) is 6.51. The molecule has 150 valence electrons. The summed E-state index contributed by atoms with van der Waals surface area (Å²) in [6.45, 7) is -0.535. The van der Waals surface area contributed by atoms with Crippen LogP contribution in [0.4, 0.5) is 10.5 Å². The van der Waals surface area contributed by atoms with Crippen LogP contribution in [0.1, 0.15) is 5.56 Å². The summed E-state index contributed by atoms with van der Waals surface area (Å²) in [4.78, 5) is 37.1. The van der Waals surface area contributed by atoms with Gasteiger partial charge in [0.05, 0.1) is 22.2 Å². The highest BCUT2D eigenvalue weighted by atomic mass is 79.9. The van der Waals surface area contributed by atoms with Crippen molar-refractivity contribution in [2.24, 2.45) is 0 Å². The number of hydrogen-bond acceptors (Lipinski definition) is 6. The predicted molar refractivity (Wildman–Crippen MR) is 114 cm³/mol. The van der Waals surface area contributed by atoms with Crippen molar-refractivity contribution in [3.63, 3.8) is 0 Å². The van der Waals surface area contributed by atoms with Gasteiger partial charge in [0.2, 0.25) is 0 Å².